The summed E-state index contributed by atoms with van der Waals surface area (Å²) in [5.74, 6) is 0. The summed E-state index contributed by atoms with van der Waals surface area (Å²) in [5, 5.41) is 2.04. The van der Waals surface area contributed by atoms with Crippen LogP contribution in [0, 0.1) is 6.54 Å². The maximum absolute atomic E-state index is 5.32. The zero-order valence-corrected chi connectivity index (χ0v) is 6.93. The molecule has 3 nitrogen and oxygen atoms in total. The molecule has 0 aliphatic heterocycles. The van der Waals surface area contributed by atoms with Gasteiger partial charge in [0.25, 0.3) is 0 Å². The third-order valence-electron chi connectivity index (χ3n) is 1.16. The molecule has 0 aliphatic carbocycles. The van der Waals surface area contributed by atoms with Gasteiger partial charge >= 0.3 is 0 Å². The SMILES string of the molecule is CC[CH]N(CCC)NCN. The summed E-state index contributed by atoms with van der Waals surface area (Å²) in [6, 6.07) is 0. The first-order valence-corrected chi connectivity index (χ1v) is 3.88. The molecule has 0 spiro atoms. The smallest absolute Gasteiger partial charge is 0.0567 e. The highest BCUT2D eigenvalue weighted by Gasteiger charge is 1.98. The fraction of sp³-hybridized carbons (Fsp3) is 0.857. The molecule has 0 amide bonds. The Labute approximate surface area is 63.5 Å². The van der Waals surface area contributed by atoms with Crippen LogP contribution in [0.4, 0.5) is 0 Å². The Balaban J connectivity index is 3.30. The van der Waals surface area contributed by atoms with E-state index in [4.69, 9.17) is 5.73 Å². The van der Waals surface area contributed by atoms with Crippen molar-refractivity contribution in [3.63, 3.8) is 0 Å². The Morgan fingerprint density at radius 1 is 1.50 bits per heavy atom. The van der Waals surface area contributed by atoms with Crippen molar-refractivity contribution >= 4 is 0 Å². The van der Waals surface area contributed by atoms with E-state index >= 15 is 0 Å². The lowest BCUT2D eigenvalue weighted by atomic mass is 10.4. The zero-order valence-electron chi connectivity index (χ0n) is 6.93. The van der Waals surface area contributed by atoms with Crippen LogP contribution >= 0.6 is 0 Å². The molecule has 1 radical (unpaired) electrons. The molecular formula is C7H18N3. The quantitative estimate of drug-likeness (QED) is 0.426. The van der Waals surface area contributed by atoms with Gasteiger partial charge in [0, 0.05) is 13.1 Å². The minimum Gasteiger partial charge on any atom is -0.317 e. The first-order valence-electron chi connectivity index (χ1n) is 3.88. The van der Waals surface area contributed by atoms with Crippen molar-refractivity contribution in [2.75, 3.05) is 13.2 Å². The number of hydrogen-bond donors (Lipinski definition) is 2. The van der Waals surface area contributed by atoms with Gasteiger partial charge in [0.2, 0.25) is 0 Å². The van der Waals surface area contributed by atoms with Crippen LogP contribution in [0.25, 0.3) is 0 Å². The average Bonchev–Trinajstić information content (AvgIpc) is 1.90. The van der Waals surface area contributed by atoms with E-state index in [2.05, 4.69) is 25.8 Å². The normalized spacial score (nSPS) is 10.8. The van der Waals surface area contributed by atoms with E-state index < -0.39 is 0 Å². The predicted molar refractivity (Wildman–Crippen MR) is 43.8 cm³/mol. The molecule has 3 N–H and O–H groups in total. The van der Waals surface area contributed by atoms with Gasteiger partial charge in [-0.25, -0.2) is 10.4 Å². The monoisotopic (exact) mass is 144 g/mol. The molecule has 0 bridgehead atoms. The summed E-state index contributed by atoms with van der Waals surface area (Å²) in [6.07, 6.45) is 2.19. The molecule has 0 atom stereocenters. The molecule has 0 aromatic rings. The lowest BCUT2D eigenvalue weighted by molar-refractivity contribution is 0.235. The summed E-state index contributed by atoms with van der Waals surface area (Å²) < 4.78 is 0. The summed E-state index contributed by atoms with van der Waals surface area (Å²) in [4.78, 5) is 0. The van der Waals surface area contributed by atoms with Crippen LogP contribution in [0.2, 0.25) is 0 Å². The standard InChI is InChI=1S/C7H18N3/c1-3-5-10(6-4-2)9-7-8/h5,9H,3-4,6-8H2,1-2H3. The second-order valence-electron chi connectivity index (χ2n) is 2.15. The topological polar surface area (TPSA) is 41.3 Å². The highest BCUT2D eigenvalue weighted by molar-refractivity contribution is 4.60. The van der Waals surface area contributed by atoms with Crippen LogP contribution in [0.3, 0.4) is 0 Å². The van der Waals surface area contributed by atoms with Gasteiger partial charge in [0.1, 0.15) is 0 Å². The molecule has 0 saturated carbocycles. The Morgan fingerprint density at radius 2 is 2.20 bits per heavy atom. The molecule has 0 unspecified atom stereocenters. The second kappa shape index (κ2) is 6.99. The van der Waals surface area contributed by atoms with Crippen molar-refractivity contribution in [1.29, 1.82) is 0 Å². The minimum absolute atomic E-state index is 0.510. The van der Waals surface area contributed by atoms with E-state index in [1.54, 1.807) is 0 Å². The first kappa shape index (κ1) is 9.88. The lowest BCUT2D eigenvalue weighted by Gasteiger charge is -2.19. The largest absolute Gasteiger partial charge is 0.317 e. The maximum Gasteiger partial charge on any atom is 0.0567 e. The predicted octanol–water partition coefficient (Wildman–Crippen LogP) is 0.691. The summed E-state index contributed by atoms with van der Waals surface area (Å²) in [5.41, 5.74) is 8.36. The third kappa shape index (κ3) is 4.73. The van der Waals surface area contributed by atoms with Crippen LogP contribution in [0.5, 0.6) is 0 Å². The Bertz CT molecular complexity index is 51.6. The number of hydrogen-bond acceptors (Lipinski definition) is 3. The number of nitrogens with one attached hydrogen (secondary N) is 1. The average molecular weight is 144 g/mol. The van der Waals surface area contributed by atoms with Crippen LogP contribution in [-0.2, 0) is 0 Å². The number of nitrogens with zero attached hydrogens (tertiary/aromatic N) is 1. The molecule has 0 aromatic carbocycles. The zero-order chi connectivity index (χ0) is 7.82. The Kier molecular flexibility index (Phi) is 6.91. The van der Waals surface area contributed by atoms with E-state index in [0.717, 1.165) is 19.4 Å². The van der Waals surface area contributed by atoms with Crippen LogP contribution < -0.4 is 11.2 Å². The molecule has 0 heterocycles. The molecule has 0 aliphatic rings. The van der Waals surface area contributed by atoms with E-state index in [0.29, 0.717) is 6.67 Å². The van der Waals surface area contributed by atoms with E-state index in [1.165, 1.54) is 0 Å². The van der Waals surface area contributed by atoms with Crippen molar-refractivity contribution in [1.82, 2.24) is 10.4 Å². The van der Waals surface area contributed by atoms with Gasteiger partial charge in [-0.2, -0.15) is 0 Å². The molecule has 3 heteroatoms. The van der Waals surface area contributed by atoms with Gasteiger partial charge in [-0.05, 0) is 12.8 Å². The molecule has 0 fully saturated rings. The van der Waals surface area contributed by atoms with E-state index in [1.807, 2.05) is 5.01 Å². The van der Waals surface area contributed by atoms with Gasteiger partial charge in [-0.15, -0.1) is 0 Å². The molecule has 0 saturated heterocycles. The minimum atomic E-state index is 0.510. The molecule has 10 heavy (non-hydrogen) atoms. The second-order valence-corrected chi connectivity index (χ2v) is 2.15. The van der Waals surface area contributed by atoms with Crippen molar-refractivity contribution in [2.24, 2.45) is 5.73 Å². The first-order chi connectivity index (χ1) is 4.85. The van der Waals surface area contributed by atoms with Crippen molar-refractivity contribution in [3.05, 3.63) is 6.54 Å². The van der Waals surface area contributed by atoms with Gasteiger partial charge in [-0.1, -0.05) is 13.8 Å². The molecule has 0 rings (SSSR count). The summed E-state index contributed by atoms with van der Waals surface area (Å²) >= 11 is 0. The van der Waals surface area contributed by atoms with Crippen molar-refractivity contribution in [2.45, 2.75) is 26.7 Å². The lowest BCUT2D eigenvalue weighted by Crippen LogP contribution is -2.39. The molecule has 61 valence electrons. The number of hydrazine groups is 1. The van der Waals surface area contributed by atoms with Crippen LogP contribution in [0.1, 0.15) is 26.7 Å². The highest BCUT2D eigenvalue weighted by Crippen LogP contribution is 1.93. The van der Waals surface area contributed by atoms with Gasteiger partial charge in [0.15, 0.2) is 0 Å². The van der Waals surface area contributed by atoms with Crippen LogP contribution in [0.15, 0.2) is 0 Å². The number of rotatable bonds is 6. The highest BCUT2D eigenvalue weighted by atomic mass is 15.5. The number of nitrogens with two attached hydrogens (primary N) is 1. The summed E-state index contributed by atoms with van der Waals surface area (Å²) in [7, 11) is 0. The summed E-state index contributed by atoms with van der Waals surface area (Å²) in [6.45, 7) is 7.91. The van der Waals surface area contributed by atoms with Gasteiger partial charge in [0.05, 0.1) is 6.67 Å². The van der Waals surface area contributed by atoms with Crippen molar-refractivity contribution in [3.8, 4) is 0 Å². The molecular weight excluding hydrogens is 126 g/mol. The fourth-order valence-electron chi connectivity index (χ4n) is 0.813. The van der Waals surface area contributed by atoms with Crippen molar-refractivity contribution < 1.29 is 0 Å². The van der Waals surface area contributed by atoms with E-state index in [9.17, 15) is 0 Å². The maximum atomic E-state index is 5.32. The van der Waals surface area contributed by atoms with Crippen LogP contribution in [-0.4, -0.2) is 18.2 Å². The van der Waals surface area contributed by atoms with Gasteiger partial charge < -0.3 is 5.73 Å². The van der Waals surface area contributed by atoms with E-state index in [-0.39, 0.29) is 0 Å². The molecule has 0 aromatic heterocycles. The van der Waals surface area contributed by atoms with Gasteiger partial charge in [-0.3, -0.25) is 0 Å². The third-order valence-corrected chi connectivity index (χ3v) is 1.16. The Hall–Kier alpha value is -0.120. The fourth-order valence-corrected chi connectivity index (χ4v) is 0.813. The Morgan fingerprint density at radius 3 is 2.60 bits per heavy atom.